The zero-order valence-electron chi connectivity index (χ0n) is 21.3. The molecule has 6 rings (SSSR count). The highest BCUT2D eigenvalue weighted by molar-refractivity contribution is 7.09. The number of aliphatic hydroxyl groups excluding tert-OH is 1. The average Bonchev–Trinajstić information content (AvgIpc) is 3.58. The zero-order valence-corrected chi connectivity index (χ0v) is 22.1. The largest absolute Gasteiger partial charge is 0.390 e. The molecule has 0 aliphatic heterocycles. The Morgan fingerprint density at radius 1 is 1.32 bits per heavy atom. The van der Waals surface area contributed by atoms with Gasteiger partial charge in [0.05, 0.1) is 23.9 Å². The fraction of sp³-hybridized carbons (Fsp3) is 0.552. The molecule has 3 fully saturated rings. The molecule has 2 aromatic heterocycles. The third kappa shape index (κ3) is 3.12. The number of hydrogen-bond donors (Lipinski definition) is 3. The Morgan fingerprint density at radius 2 is 2.11 bits per heavy atom. The van der Waals surface area contributed by atoms with Gasteiger partial charge in [0.1, 0.15) is 10.6 Å². The van der Waals surface area contributed by atoms with Crippen LogP contribution in [0.1, 0.15) is 67.6 Å². The smallest absolute Gasteiger partial charge is 0.185 e. The Bertz CT molecular complexity index is 1330. The number of halogens is 1. The second-order valence-corrected chi connectivity index (χ2v) is 12.9. The molecule has 0 spiro atoms. The van der Waals surface area contributed by atoms with Crippen LogP contribution in [-0.2, 0) is 16.8 Å². The van der Waals surface area contributed by atoms with Gasteiger partial charge in [-0.1, -0.05) is 25.5 Å². The number of ketones is 2. The van der Waals surface area contributed by atoms with E-state index in [1.165, 1.54) is 23.5 Å². The van der Waals surface area contributed by atoms with Gasteiger partial charge in [0, 0.05) is 28.3 Å². The number of carbonyl (C=O) groups excluding carboxylic acids is 2. The number of thiazole rings is 1. The van der Waals surface area contributed by atoms with E-state index in [0.29, 0.717) is 35.7 Å². The van der Waals surface area contributed by atoms with Gasteiger partial charge in [0.25, 0.3) is 0 Å². The van der Waals surface area contributed by atoms with E-state index in [4.69, 9.17) is 4.98 Å². The minimum absolute atomic E-state index is 0.0740. The Morgan fingerprint density at radius 3 is 2.84 bits per heavy atom. The van der Waals surface area contributed by atoms with E-state index >= 15 is 4.39 Å². The van der Waals surface area contributed by atoms with E-state index in [0.717, 1.165) is 5.57 Å². The number of allylic oxidation sites excluding steroid dienone is 4. The number of H-pyrrole nitrogens is 1. The summed E-state index contributed by atoms with van der Waals surface area (Å²) >= 11 is 1.35. The van der Waals surface area contributed by atoms with Gasteiger partial charge < -0.3 is 15.2 Å². The molecule has 8 heteroatoms. The Kier molecular flexibility index (Phi) is 5.41. The van der Waals surface area contributed by atoms with Gasteiger partial charge in [-0.25, -0.2) is 9.37 Å². The highest BCUT2D eigenvalue weighted by Gasteiger charge is 2.74. The second-order valence-electron chi connectivity index (χ2n) is 12.0. The molecule has 6 nitrogen and oxygen atoms in total. The van der Waals surface area contributed by atoms with Crippen molar-refractivity contribution in [3.8, 4) is 0 Å². The Balaban J connectivity index is 1.35. The van der Waals surface area contributed by atoms with Crippen LogP contribution in [0.2, 0.25) is 0 Å². The minimum atomic E-state index is -1.93. The summed E-state index contributed by atoms with van der Waals surface area (Å²) in [5, 5.41) is 26.4. The lowest BCUT2D eigenvalue weighted by atomic mass is 9.44. The summed E-state index contributed by atoms with van der Waals surface area (Å²) in [5.74, 6) is -1.06. The van der Waals surface area contributed by atoms with Gasteiger partial charge in [0.2, 0.25) is 0 Å². The van der Waals surface area contributed by atoms with E-state index < -0.39 is 34.1 Å². The van der Waals surface area contributed by atoms with E-state index in [-0.39, 0.29) is 36.2 Å². The molecule has 0 amide bonds. The third-order valence-corrected chi connectivity index (χ3v) is 11.2. The number of aliphatic hydroxyl groups is 2. The number of nitrogens with one attached hydrogen (secondary N) is 1. The highest BCUT2D eigenvalue weighted by Crippen LogP contribution is 2.72. The van der Waals surface area contributed by atoms with Crippen molar-refractivity contribution in [2.45, 2.75) is 70.2 Å². The topological polar surface area (TPSA) is 103 Å². The molecule has 3 N–H and O–H groups in total. The number of hydrogen-bond acceptors (Lipinski definition) is 6. The number of nitrogens with zero attached hydrogens (tertiary/aromatic N) is 1. The third-order valence-electron chi connectivity index (χ3n) is 10.4. The van der Waals surface area contributed by atoms with Crippen LogP contribution >= 0.6 is 11.3 Å². The minimum Gasteiger partial charge on any atom is -0.390 e. The Hall–Kier alpha value is -2.42. The van der Waals surface area contributed by atoms with Crippen molar-refractivity contribution in [3.63, 3.8) is 0 Å². The zero-order chi connectivity index (χ0) is 26.4. The van der Waals surface area contributed by atoms with Gasteiger partial charge in [0.15, 0.2) is 17.2 Å². The van der Waals surface area contributed by atoms with Gasteiger partial charge in [-0.3, -0.25) is 9.59 Å². The van der Waals surface area contributed by atoms with Crippen LogP contribution in [0.25, 0.3) is 0 Å². The molecule has 0 radical (unpaired) electrons. The normalized spacial score (nSPS) is 42.6. The van der Waals surface area contributed by atoms with Crippen molar-refractivity contribution in [1.29, 1.82) is 0 Å². The summed E-state index contributed by atoms with van der Waals surface area (Å²) in [7, 11) is 0. The van der Waals surface area contributed by atoms with Crippen molar-refractivity contribution >= 4 is 22.9 Å². The average molecular weight is 525 g/mol. The summed E-state index contributed by atoms with van der Waals surface area (Å²) in [6.45, 7) is 5.76. The molecule has 2 heterocycles. The Labute approximate surface area is 219 Å². The molecule has 8 atom stereocenters. The molecular weight excluding hydrogens is 491 g/mol. The maximum Gasteiger partial charge on any atom is 0.185 e. The van der Waals surface area contributed by atoms with Crippen molar-refractivity contribution in [1.82, 2.24) is 9.97 Å². The number of aromatic nitrogens is 2. The van der Waals surface area contributed by atoms with E-state index in [1.54, 1.807) is 31.3 Å². The van der Waals surface area contributed by atoms with E-state index in [9.17, 15) is 19.8 Å². The lowest BCUT2D eigenvalue weighted by molar-refractivity contribution is -0.223. The summed E-state index contributed by atoms with van der Waals surface area (Å²) in [6, 6.07) is 3.50. The van der Waals surface area contributed by atoms with Crippen LogP contribution in [0.4, 0.5) is 4.39 Å². The molecule has 3 saturated carbocycles. The molecule has 196 valence electrons. The van der Waals surface area contributed by atoms with Gasteiger partial charge >= 0.3 is 0 Å². The summed E-state index contributed by atoms with van der Waals surface area (Å²) in [4.78, 5) is 32.3. The van der Waals surface area contributed by atoms with Gasteiger partial charge in [-0.05, 0) is 68.7 Å². The molecule has 37 heavy (non-hydrogen) atoms. The molecular formula is C29H33FN2O4S. The molecule has 4 aliphatic carbocycles. The second kappa shape index (κ2) is 8.04. The van der Waals surface area contributed by atoms with Crippen LogP contribution in [0, 0.1) is 28.6 Å². The quantitative estimate of drug-likeness (QED) is 0.503. The van der Waals surface area contributed by atoms with Crippen LogP contribution in [0.3, 0.4) is 0 Å². The summed E-state index contributed by atoms with van der Waals surface area (Å²) < 4.78 is 17.3. The standard InChI is InChI=1S/C29H33FN2O4S/c1-16-11-20-19-7-6-17-12-18(33)8-9-26(17,2)28(19,30)24(35)14-27(20,3)29(16,36)23-15-37-25(32-23)13-22(34)21-5-4-10-31-21/h4-5,8-10,12,15-16,19-20,24,31,35-36H,6-7,11,13-14H2,1-3H3/t16-,19+,20+,24+,26+,27+,28+,29+/m1/s1. The number of alkyl halides is 1. The maximum absolute atomic E-state index is 17.3. The first-order valence-electron chi connectivity index (χ1n) is 13.1. The molecule has 0 aromatic carbocycles. The molecule has 0 unspecified atom stereocenters. The van der Waals surface area contributed by atoms with Gasteiger partial charge in [-0.15, -0.1) is 11.3 Å². The molecule has 2 aromatic rings. The van der Waals surface area contributed by atoms with Crippen LogP contribution < -0.4 is 0 Å². The van der Waals surface area contributed by atoms with Crippen molar-refractivity contribution in [3.05, 3.63) is 63.9 Å². The number of fused-ring (bicyclic) bond motifs is 5. The molecule has 0 bridgehead atoms. The van der Waals surface area contributed by atoms with E-state index in [1.807, 2.05) is 19.2 Å². The first kappa shape index (κ1) is 24.9. The SMILES string of the molecule is C[C@@H]1C[C@H]2[C@@H]3CCC4=CC(=O)C=C[C@]4(C)[C@@]3(F)[C@@H](O)C[C@]2(C)[C@@]1(O)c1csc(CC(=O)c2ccc[nH]2)n1. The van der Waals surface area contributed by atoms with E-state index in [2.05, 4.69) is 4.98 Å². The molecule has 0 saturated heterocycles. The number of rotatable bonds is 4. The van der Waals surface area contributed by atoms with Crippen LogP contribution in [0.5, 0.6) is 0 Å². The van der Waals surface area contributed by atoms with Crippen molar-refractivity contribution in [2.75, 3.05) is 0 Å². The number of Topliss-reactive ketones (excluding diaryl/α,β-unsaturated/α-hetero) is 1. The monoisotopic (exact) mass is 524 g/mol. The van der Waals surface area contributed by atoms with Crippen molar-refractivity contribution in [2.24, 2.45) is 28.6 Å². The lowest BCUT2D eigenvalue weighted by Crippen LogP contribution is -2.68. The lowest BCUT2D eigenvalue weighted by Gasteiger charge is -2.62. The number of aromatic amines is 1. The number of carbonyl (C=O) groups is 2. The fourth-order valence-corrected chi connectivity index (χ4v) is 9.24. The van der Waals surface area contributed by atoms with Crippen LogP contribution in [0.15, 0.2) is 47.5 Å². The van der Waals surface area contributed by atoms with Crippen LogP contribution in [-0.4, -0.2) is 43.5 Å². The first-order valence-corrected chi connectivity index (χ1v) is 14.0. The highest BCUT2D eigenvalue weighted by atomic mass is 32.1. The van der Waals surface area contributed by atoms with Crippen molar-refractivity contribution < 1.29 is 24.2 Å². The summed E-state index contributed by atoms with van der Waals surface area (Å²) in [6.07, 6.45) is 6.96. The first-order chi connectivity index (χ1) is 17.4. The van der Waals surface area contributed by atoms with Gasteiger partial charge in [-0.2, -0.15) is 0 Å². The molecule has 4 aliphatic rings. The maximum atomic E-state index is 17.3. The predicted molar refractivity (Wildman–Crippen MR) is 138 cm³/mol. The predicted octanol–water partition coefficient (Wildman–Crippen LogP) is 4.70. The summed E-state index contributed by atoms with van der Waals surface area (Å²) in [5.41, 5.74) is -3.37. The fourth-order valence-electron chi connectivity index (χ4n) is 8.40.